The fraction of sp³-hybridized carbons (Fsp3) is 0.600. The summed E-state index contributed by atoms with van der Waals surface area (Å²) in [6.45, 7) is 3.72. The summed E-state index contributed by atoms with van der Waals surface area (Å²) < 4.78 is 20.8. The highest BCUT2D eigenvalue weighted by Gasteiger charge is 2.04. The lowest BCUT2D eigenvalue weighted by Crippen LogP contribution is -2.17. The highest BCUT2D eigenvalue weighted by Crippen LogP contribution is 2.24. The van der Waals surface area contributed by atoms with Gasteiger partial charge in [0.1, 0.15) is 11.5 Å². The first-order valence-corrected chi connectivity index (χ1v) is 6.80. The van der Waals surface area contributed by atoms with Gasteiger partial charge < -0.3 is 24.3 Å². The van der Waals surface area contributed by atoms with Gasteiger partial charge >= 0.3 is 0 Å². The average molecular weight is 283 g/mol. The van der Waals surface area contributed by atoms with Crippen molar-refractivity contribution in [2.75, 3.05) is 47.7 Å². The second-order valence-electron chi connectivity index (χ2n) is 4.31. The molecule has 0 aliphatic carbocycles. The van der Waals surface area contributed by atoms with Crippen molar-refractivity contribution >= 4 is 0 Å². The van der Waals surface area contributed by atoms with Crippen LogP contribution in [0.15, 0.2) is 18.2 Å². The first kappa shape index (κ1) is 16.8. The number of benzene rings is 1. The summed E-state index contributed by atoms with van der Waals surface area (Å²) in [7, 11) is 4.99. The molecule has 0 fully saturated rings. The molecule has 1 N–H and O–H groups in total. The van der Waals surface area contributed by atoms with Crippen molar-refractivity contribution in [3.63, 3.8) is 0 Å². The molecule has 0 unspecified atom stereocenters. The highest BCUT2D eigenvalue weighted by molar-refractivity contribution is 5.40. The summed E-state index contributed by atoms with van der Waals surface area (Å²) in [5.74, 6) is 1.64. The molecule has 0 saturated heterocycles. The molecule has 0 aliphatic heterocycles. The third kappa shape index (κ3) is 6.23. The molecule has 0 saturated carbocycles. The Labute approximate surface area is 121 Å². The Hall–Kier alpha value is -1.30. The van der Waals surface area contributed by atoms with Crippen LogP contribution in [0.4, 0.5) is 0 Å². The van der Waals surface area contributed by atoms with Crippen molar-refractivity contribution in [2.45, 2.75) is 13.0 Å². The molecule has 0 bridgehead atoms. The van der Waals surface area contributed by atoms with Gasteiger partial charge in [-0.1, -0.05) is 6.07 Å². The van der Waals surface area contributed by atoms with Crippen LogP contribution in [0.25, 0.3) is 0 Å². The van der Waals surface area contributed by atoms with Gasteiger partial charge in [0.15, 0.2) is 0 Å². The van der Waals surface area contributed by atoms with Crippen LogP contribution in [0.5, 0.6) is 11.5 Å². The van der Waals surface area contributed by atoms with E-state index in [1.165, 1.54) is 0 Å². The van der Waals surface area contributed by atoms with Crippen LogP contribution in [0, 0.1) is 0 Å². The third-order valence-corrected chi connectivity index (χ3v) is 2.88. The van der Waals surface area contributed by atoms with E-state index >= 15 is 0 Å². The predicted molar refractivity (Wildman–Crippen MR) is 78.6 cm³/mol. The highest BCUT2D eigenvalue weighted by atomic mass is 16.5. The lowest BCUT2D eigenvalue weighted by atomic mass is 10.2. The van der Waals surface area contributed by atoms with E-state index in [0.29, 0.717) is 13.2 Å². The van der Waals surface area contributed by atoms with E-state index in [1.807, 2.05) is 18.2 Å². The van der Waals surface area contributed by atoms with Crippen molar-refractivity contribution < 1.29 is 18.9 Å². The second-order valence-corrected chi connectivity index (χ2v) is 4.31. The van der Waals surface area contributed by atoms with Crippen molar-refractivity contribution in [1.29, 1.82) is 0 Å². The zero-order chi connectivity index (χ0) is 14.6. The van der Waals surface area contributed by atoms with Gasteiger partial charge in [-0.25, -0.2) is 0 Å². The van der Waals surface area contributed by atoms with Crippen LogP contribution in [-0.4, -0.2) is 47.7 Å². The minimum absolute atomic E-state index is 0.649. The first-order chi connectivity index (χ1) is 9.81. The first-order valence-electron chi connectivity index (χ1n) is 6.80. The number of nitrogens with one attached hydrogen (secondary N) is 1. The summed E-state index contributed by atoms with van der Waals surface area (Å²) in [6, 6.07) is 5.85. The maximum absolute atomic E-state index is 5.40. The molecule has 5 nitrogen and oxygen atoms in total. The van der Waals surface area contributed by atoms with Gasteiger partial charge in [0.05, 0.1) is 27.4 Å². The second kappa shape index (κ2) is 10.5. The fourth-order valence-electron chi connectivity index (χ4n) is 1.76. The SMILES string of the molecule is COCCOCCCNCc1ccc(OC)cc1OC. The molecule has 1 aromatic carbocycles. The van der Waals surface area contributed by atoms with Gasteiger partial charge in [0, 0.05) is 31.9 Å². The Bertz CT molecular complexity index is 371. The monoisotopic (exact) mass is 283 g/mol. The Morgan fingerprint density at radius 2 is 1.85 bits per heavy atom. The average Bonchev–Trinajstić information content (AvgIpc) is 2.50. The smallest absolute Gasteiger partial charge is 0.127 e. The normalized spacial score (nSPS) is 10.6. The number of hydrogen-bond donors (Lipinski definition) is 1. The van der Waals surface area contributed by atoms with Gasteiger partial charge in [-0.3, -0.25) is 0 Å². The van der Waals surface area contributed by atoms with Crippen molar-refractivity contribution in [3.05, 3.63) is 23.8 Å². The quantitative estimate of drug-likeness (QED) is 0.628. The lowest BCUT2D eigenvalue weighted by Gasteiger charge is -2.11. The molecule has 1 rings (SSSR count). The van der Waals surface area contributed by atoms with E-state index in [2.05, 4.69) is 5.32 Å². The molecule has 0 spiro atoms. The molecule has 20 heavy (non-hydrogen) atoms. The lowest BCUT2D eigenvalue weighted by molar-refractivity contribution is 0.0694. The predicted octanol–water partition coefficient (Wildman–Crippen LogP) is 1.85. The summed E-state index contributed by atoms with van der Waals surface area (Å²) in [5.41, 5.74) is 1.12. The van der Waals surface area contributed by atoms with E-state index in [0.717, 1.165) is 43.2 Å². The summed E-state index contributed by atoms with van der Waals surface area (Å²) in [6.07, 6.45) is 0.974. The number of methoxy groups -OCH3 is 3. The van der Waals surface area contributed by atoms with Crippen molar-refractivity contribution in [1.82, 2.24) is 5.32 Å². The summed E-state index contributed by atoms with van der Waals surface area (Å²) in [5, 5.41) is 3.37. The third-order valence-electron chi connectivity index (χ3n) is 2.88. The molecule has 0 radical (unpaired) electrons. The van der Waals surface area contributed by atoms with Gasteiger partial charge in [0.2, 0.25) is 0 Å². The molecule has 5 heteroatoms. The van der Waals surface area contributed by atoms with Crippen LogP contribution in [0.1, 0.15) is 12.0 Å². The molecule has 0 amide bonds. The van der Waals surface area contributed by atoms with E-state index in [1.54, 1.807) is 21.3 Å². The molecule has 0 atom stereocenters. The van der Waals surface area contributed by atoms with E-state index in [9.17, 15) is 0 Å². The molecule has 0 heterocycles. The molecule has 1 aromatic rings. The summed E-state index contributed by atoms with van der Waals surface area (Å²) in [4.78, 5) is 0. The van der Waals surface area contributed by atoms with Gasteiger partial charge in [-0.2, -0.15) is 0 Å². The Kier molecular flexibility index (Phi) is 8.78. The van der Waals surface area contributed by atoms with Gasteiger partial charge in [0.25, 0.3) is 0 Å². The largest absolute Gasteiger partial charge is 0.497 e. The van der Waals surface area contributed by atoms with Crippen LogP contribution >= 0.6 is 0 Å². The van der Waals surface area contributed by atoms with Gasteiger partial charge in [-0.05, 0) is 19.0 Å². The molecule has 114 valence electrons. The minimum Gasteiger partial charge on any atom is -0.497 e. The topological polar surface area (TPSA) is 49.0 Å². The van der Waals surface area contributed by atoms with Crippen molar-refractivity contribution in [2.24, 2.45) is 0 Å². The molecular formula is C15H25NO4. The van der Waals surface area contributed by atoms with Crippen LogP contribution < -0.4 is 14.8 Å². The van der Waals surface area contributed by atoms with E-state index < -0.39 is 0 Å². The van der Waals surface area contributed by atoms with Gasteiger partial charge in [-0.15, -0.1) is 0 Å². The van der Waals surface area contributed by atoms with Crippen LogP contribution in [0.2, 0.25) is 0 Å². The minimum atomic E-state index is 0.649. The molecule has 0 aliphatic rings. The number of hydrogen-bond acceptors (Lipinski definition) is 5. The molecule has 0 aromatic heterocycles. The Balaban J connectivity index is 2.21. The standard InChI is InChI=1S/C15H25NO4/c1-17-9-10-20-8-4-7-16-12-13-5-6-14(18-2)11-15(13)19-3/h5-6,11,16H,4,7-10,12H2,1-3H3. The van der Waals surface area contributed by atoms with Crippen molar-refractivity contribution in [3.8, 4) is 11.5 Å². The molecular weight excluding hydrogens is 258 g/mol. The zero-order valence-electron chi connectivity index (χ0n) is 12.6. The summed E-state index contributed by atoms with van der Waals surface area (Å²) >= 11 is 0. The number of ether oxygens (including phenoxy) is 4. The maximum atomic E-state index is 5.40. The Morgan fingerprint density at radius 1 is 1.00 bits per heavy atom. The van der Waals surface area contributed by atoms with E-state index in [4.69, 9.17) is 18.9 Å². The Morgan fingerprint density at radius 3 is 2.55 bits per heavy atom. The van der Waals surface area contributed by atoms with E-state index in [-0.39, 0.29) is 0 Å². The fourth-order valence-corrected chi connectivity index (χ4v) is 1.76. The zero-order valence-corrected chi connectivity index (χ0v) is 12.6. The maximum Gasteiger partial charge on any atom is 0.127 e. The number of rotatable bonds is 11. The van der Waals surface area contributed by atoms with Crippen LogP contribution in [-0.2, 0) is 16.0 Å². The van der Waals surface area contributed by atoms with Crippen LogP contribution in [0.3, 0.4) is 0 Å².